The summed E-state index contributed by atoms with van der Waals surface area (Å²) in [7, 11) is 1.86. The maximum atomic E-state index is 6.55. The van der Waals surface area contributed by atoms with Crippen LogP contribution in [0.25, 0.3) is 0 Å². The minimum absolute atomic E-state index is 0.0555. The van der Waals surface area contributed by atoms with Crippen LogP contribution in [0, 0.1) is 5.41 Å². The Morgan fingerprint density at radius 3 is 2.05 bits per heavy atom. The van der Waals surface area contributed by atoms with Gasteiger partial charge in [0.15, 0.2) is 0 Å². The average molecular weight is 304 g/mol. The molecular formula is C20H32O2. The molecule has 0 radical (unpaired) electrons. The molecule has 0 N–H and O–H groups in total. The van der Waals surface area contributed by atoms with Crippen molar-refractivity contribution in [1.82, 2.24) is 0 Å². The molecule has 1 saturated carbocycles. The standard InChI is InChI=1S/C20H32O2/c1-6-19(21-5)12-14-20(15-13-19,18(2,3)4)22-16-17-10-8-7-9-11-17/h7-11H,6,12-16H2,1-5H3. The quantitative estimate of drug-likeness (QED) is 0.729. The minimum Gasteiger partial charge on any atom is -0.378 e. The highest BCUT2D eigenvalue weighted by Crippen LogP contribution is 2.49. The third kappa shape index (κ3) is 3.55. The van der Waals surface area contributed by atoms with Crippen LogP contribution in [0.5, 0.6) is 0 Å². The molecule has 2 nitrogen and oxygen atoms in total. The van der Waals surface area contributed by atoms with Crippen molar-refractivity contribution >= 4 is 0 Å². The predicted molar refractivity (Wildman–Crippen MR) is 91.9 cm³/mol. The summed E-state index contributed by atoms with van der Waals surface area (Å²) < 4.78 is 12.4. The number of ether oxygens (including phenoxy) is 2. The van der Waals surface area contributed by atoms with Gasteiger partial charge in [-0.3, -0.25) is 0 Å². The highest BCUT2D eigenvalue weighted by molar-refractivity contribution is 5.14. The van der Waals surface area contributed by atoms with Crippen LogP contribution >= 0.6 is 0 Å². The number of hydrogen-bond acceptors (Lipinski definition) is 2. The topological polar surface area (TPSA) is 18.5 Å². The molecule has 1 aromatic carbocycles. The minimum atomic E-state index is -0.0555. The first-order valence-corrected chi connectivity index (χ1v) is 8.59. The summed E-state index contributed by atoms with van der Waals surface area (Å²) in [5, 5.41) is 0. The SMILES string of the molecule is CCC1(OC)CCC(OCc2ccccc2)(C(C)(C)C)CC1. The Kier molecular flexibility index (Phi) is 5.34. The number of methoxy groups -OCH3 is 1. The third-order valence-electron chi connectivity index (χ3n) is 5.77. The molecule has 0 aliphatic heterocycles. The lowest BCUT2D eigenvalue weighted by molar-refractivity contribution is -0.180. The van der Waals surface area contributed by atoms with E-state index in [1.54, 1.807) is 0 Å². The molecule has 1 fully saturated rings. The summed E-state index contributed by atoms with van der Waals surface area (Å²) in [6.07, 6.45) is 5.41. The van der Waals surface area contributed by atoms with Crippen LogP contribution in [-0.4, -0.2) is 18.3 Å². The van der Waals surface area contributed by atoms with Crippen molar-refractivity contribution in [2.45, 2.75) is 77.6 Å². The van der Waals surface area contributed by atoms with Gasteiger partial charge in [0.05, 0.1) is 17.8 Å². The second-order valence-corrected chi connectivity index (χ2v) is 7.76. The average Bonchev–Trinajstić information content (AvgIpc) is 2.53. The Morgan fingerprint density at radius 1 is 1.00 bits per heavy atom. The van der Waals surface area contributed by atoms with Gasteiger partial charge >= 0.3 is 0 Å². The summed E-state index contributed by atoms with van der Waals surface area (Å²) in [5.74, 6) is 0. The maximum Gasteiger partial charge on any atom is 0.0737 e. The van der Waals surface area contributed by atoms with Gasteiger partial charge in [-0.2, -0.15) is 0 Å². The molecule has 1 aliphatic carbocycles. The van der Waals surface area contributed by atoms with Gasteiger partial charge in [-0.1, -0.05) is 58.0 Å². The lowest BCUT2D eigenvalue weighted by atomic mass is 9.64. The van der Waals surface area contributed by atoms with Crippen LogP contribution in [0.1, 0.15) is 65.4 Å². The molecule has 1 aliphatic rings. The predicted octanol–water partition coefficient (Wildman–Crippen LogP) is 5.36. The highest BCUT2D eigenvalue weighted by Gasteiger charge is 2.49. The van der Waals surface area contributed by atoms with E-state index < -0.39 is 0 Å². The van der Waals surface area contributed by atoms with Crippen molar-refractivity contribution < 1.29 is 9.47 Å². The van der Waals surface area contributed by atoms with Crippen LogP contribution in [0.4, 0.5) is 0 Å². The lowest BCUT2D eigenvalue weighted by Gasteiger charge is -2.51. The fourth-order valence-electron chi connectivity index (χ4n) is 3.72. The molecule has 0 heterocycles. The van der Waals surface area contributed by atoms with Crippen LogP contribution in [0.3, 0.4) is 0 Å². The first-order valence-electron chi connectivity index (χ1n) is 8.59. The Hall–Kier alpha value is -0.860. The zero-order valence-electron chi connectivity index (χ0n) is 14.9. The van der Waals surface area contributed by atoms with Gasteiger partial charge in [-0.15, -0.1) is 0 Å². The molecule has 0 saturated heterocycles. The second-order valence-electron chi connectivity index (χ2n) is 7.76. The molecule has 124 valence electrons. The van der Waals surface area contributed by atoms with E-state index in [1.165, 1.54) is 5.56 Å². The van der Waals surface area contributed by atoms with Crippen LogP contribution in [0.15, 0.2) is 30.3 Å². The lowest BCUT2D eigenvalue weighted by Crippen LogP contribution is -2.52. The molecule has 0 aromatic heterocycles. The van der Waals surface area contributed by atoms with E-state index in [1.807, 2.05) is 7.11 Å². The van der Waals surface area contributed by atoms with Crippen molar-refractivity contribution in [3.05, 3.63) is 35.9 Å². The Morgan fingerprint density at radius 2 is 1.59 bits per heavy atom. The van der Waals surface area contributed by atoms with E-state index >= 15 is 0 Å². The third-order valence-corrected chi connectivity index (χ3v) is 5.77. The van der Waals surface area contributed by atoms with Gasteiger partial charge in [-0.05, 0) is 43.1 Å². The first-order chi connectivity index (χ1) is 10.4. The van der Waals surface area contributed by atoms with E-state index in [-0.39, 0.29) is 16.6 Å². The van der Waals surface area contributed by atoms with Gasteiger partial charge in [0.1, 0.15) is 0 Å². The van der Waals surface area contributed by atoms with E-state index in [0.717, 1.165) is 32.1 Å². The van der Waals surface area contributed by atoms with Gasteiger partial charge in [0, 0.05) is 7.11 Å². The summed E-state index contributed by atoms with van der Waals surface area (Å²) in [6, 6.07) is 10.5. The van der Waals surface area contributed by atoms with E-state index in [9.17, 15) is 0 Å². The summed E-state index contributed by atoms with van der Waals surface area (Å²) >= 11 is 0. The molecule has 0 amide bonds. The number of hydrogen-bond donors (Lipinski definition) is 0. The molecule has 0 bridgehead atoms. The molecule has 0 atom stereocenters. The zero-order valence-corrected chi connectivity index (χ0v) is 14.9. The molecule has 0 spiro atoms. The molecule has 2 heteroatoms. The molecule has 2 rings (SSSR count). The Balaban J connectivity index is 2.11. The van der Waals surface area contributed by atoms with Crippen molar-refractivity contribution in [2.75, 3.05) is 7.11 Å². The fourth-order valence-corrected chi connectivity index (χ4v) is 3.72. The largest absolute Gasteiger partial charge is 0.378 e. The van der Waals surface area contributed by atoms with Crippen LogP contribution in [-0.2, 0) is 16.1 Å². The molecular weight excluding hydrogens is 272 g/mol. The van der Waals surface area contributed by atoms with Gasteiger partial charge in [0.25, 0.3) is 0 Å². The summed E-state index contributed by atoms with van der Waals surface area (Å²) in [6.45, 7) is 9.86. The summed E-state index contributed by atoms with van der Waals surface area (Å²) in [5.41, 5.74) is 1.39. The fraction of sp³-hybridized carbons (Fsp3) is 0.700. The number of benzene rings is 1. The van der Waals surface area contributed by atoms with Crippen molar-refractivity contribution in [1.29, 1.82) is 0 Å². The van der Waals surface area contributed by atoms with Gasteiger partial charge in [-0.25, -0.2) is 0 Å². The van der Waals surface area contributed by atoms with E-state index in [0.29, 0.717) is 6.61 Å². The van der Waals surface area contributed by atoms with Crippen molar-refractivity contribution in [3.8, 4) is 0 Å². The van der Waals surface area contributed by atoms with Gasteiger partial charge < -0.3 is 9.47 Å². The van der Waals surface area contributed by atoms with Crippen molar-refractivity contribution in [3.63, 3.8) is 0 Å². The Labute approximate surface area is 136 Å². The smallest absolute Gasteiger partial charge is 0.0737 e. The van der Waals surface area contributed by atoms with Crippen LogP contribution < -0.4 is 0 Å². The highest BCUT2D eigenvalue weighted by atomic mass is 16.5. The summed E-state index contributed by atoms with van der Waals surface area (Å²) in [4.78, 5) is 0. The Bertz CT molecular complexity index is 444. The monoisotopic (exact) mass is 304 g/mol. The van der Waals surface area contributed by atoms with Crippen LogP contribution in [0.2, 0.25) is 0 Å². The van der Waals surface area contributed by atoms with E-state index in [4.69, 9.17) is 9.47 Å². The second kappa shape index (κ2) is 6.72. The molecule has 22 heavy (non-hydrogen) atoms. The normalized spacial score (nSPS) is 29.5. The molecule has 0 unspecified atom stereocenters. The molecule has 1 aromatic rings. The zero-order chi connectivity index (χ0) is 16.3. The van der Waals surface area contributed by atoms with Crippen molar-refractivity contribution in [2.24, 2.45) is 5.41 Å². The number of rotatable bonds is 5. The van der Waals surface area contributed by atoms with Gasteiger partial charge in [0.2, 0.25) is 0 Å². The maximum absolute atomic E-state index is 6.55. The first kappa shape index (κ1) is 17.5. The van der Waals surface area contributed by atoms with E-state index in [2.05, 4.69) is 58.0 Å².